The standard InChI is InChI=1S/C23H22F2N6O2/c24-18-10-14-9-17(22(32)29-20(14)11-19(18)25)21(30-27)12-28-16-3-1-13(2-4-16)23(33)31-7-5-15(26)6-8-31/h1-4,9-12,15H,5-8,26-27H2,(H,29,32). The van der Waals surface area contributed by atoms with Crippen molar-refractivity contribution in [1.82, 2.24) is 9.88 Å². The summed E-state index contributed by atoms with van der Waals surface area (Å²) in [5, 5.41) is 3.88. The first-order chi connectivity index (χ1) is 15.9. The van der Waals surface area contributed by atoms with Crippen LogP contribution in [-0.4, -0.2) is 46.8 Å². The quantitative estimate of drug-likeness (QED) is 0.319. The number of hydrogen-bond acceptors (Lipinski definition) is 6. The van der Waals surface area contributed by atoms with Crippen molar-refractivity contribution in [2.24, 2.45) is 21.7 Å². The first kappa shape index (κ1) is 22.3. The van der Waals surface area contributed by atoms with Gasteiger partial charge < -0.3 is 21.5 Å². The third kappa shape index (κ3) is 4.80. The maximum atomic E-state index is 13.6. The molecule has 0 aliphatic carbocycles. The number of piperidine rings is 1. The van der Waals surface area contributed by atoms with Crippen LogP contribution in [0.5, 0.6) is 0 Å². The van der Waals surface area contributed by atoms with Gasteiger partial charge in [-0.2, -0.15) is 5.10 Å². The van der Waals surface area contributed by atoms with Gasteiger partial charge in [0.1, 0.15) is 5.71 Å². The predicted molar refractivity (Wildman–Crippen MR) is 123 cm³/mol. The number of nitrogens with zero attached hydrogens (tertiary/aromatic N) is 3. The molecule has 1 saturated heterocycles. The van der Waals surface area contributed by atoms with E-state index in [1.54, 1.807) is 29.2 Å². The Bertz CT molecular complexity index is 1310. The zero-order valence-corrected chi connectivity index (χ0v) is 17.6. The fraction of sp³-hybridized carbons (Fsp3) is 0.217. The molecule has 0 radical (unpaired) electrons. The monoisotopic (exact) mass is 452 g/mol. The Kier molecular flexibility index (Phi) is 6.27. The number of aromatic amines is 1. The lowest BCUT2D eigenvalue weighted by Crippen LogP contribution is -2.42. The van der Waals surface area contributed by atoms with Crippen molar-refractivity contribution >= 4 is 34.4 Å². The number of carbonyl (C=O) groups is 1. The highest BCUT2D eigenvalue weighted by molar-refractivity contribution is 6.38. The third-order valence-corrected chi connectivity index (χ3v) is 5.58. The van der Waals surface area contributed by atoms with E-state index < -0.39 is 17.2 Å². The van der Waals surface area contributed by atoms with Gasteiger partial charge in [-0.3, -0.25) is 14.6 Å². The summed E-state index contributed by atoms with van der Waals surface area (Å²) in [6.07, 6.45) is 2.86. The highest BCUT2D eigenvalue weighted by atomic mass is 19.2. The zero-order valence-electron chi connectivity index (χ0n) is 17.6. The van der Waals surface area contributed by atoms with E-state index in [1.165, 1.54) is 12.3 Å². The van der Waals surface area contributed by atoms with Gasteiger partial charge in [-0.1, -0.05) is 0 Å². The van der Waals surface area contributed by atoms with Crippen molar-refractivity contribution in [1.29, 1.82) is 0 Å². The van der Waals surface area contributed by atoms with Crippen molar-refractivity contribution in [3.63, 3.8) is 0 Å². The number of pyridine rings is 1. The summed E-state index contributed by atoms with van der Waals surface area (Å²) in [7, 11) is 0. The van der Waals surface area contributed by atoms with Gasteiger partial charge >= 0.3 is 0 Å². The summed E-state index contributed by atoms with van der Waals surface area (Å²) < 4.78 is 27.0. The van der Waals surface area contributed by atoms with Gasteiger partial charge in [0.05, 0.1) is 23.0 Å². The lowest BCUT2D eigenvalue weighted by atomic mass is 10.0. The number of hydrogen-bond donors (Lipinski definition) is 3. The molecule has 1 aliphatic rings. The summed E-state index contributed by atoms with van der Waals surface area (Å²) in [6, 6.07) is 10.0. The van der Waals surface area contributed by atoms with Crippen LogP contribution < -0.4 is 17.1 Å². The fourth-order valence-electron chi connectivity index (χ4n) is 3.67. The van der Waals surface area contributed by atoms with Crippen molar-refractivity contribution in [3.8, 4) is 0 Å². The number of fused-ring (bicyclic) bond motifs is 1. The Hall–Kier alpha value is -3.92. The number of aliphatic imine (C=N–C) groups is 1. The van der Waals surface area contributed by atoms with Crippen molar-refractivity contribution < 1.29 is 13.6 Å². The van der Waals surface area contributed by atoms with Crippen LogP contribution in [0.25, 0.3) is 10.9 Å². The van der Waals surface area contributed by atoms with Gasteiger partial charge in [0.2, 0.25) is 0 Å². The van der Waals surface area contributed by atoms with E-state index in [2.05, 4.69) is 15.1 Å². The molecule has 1 fully saturated rings. The second-order valence-electron chi connectivity index (χ2n) is 7.81. The number of H-pyrrole nitrogens is 1. The molecule has 0 bridgehead atoms. The molecule has 2 heterocycles. The molecule has 0 spiro atoms. The van der Waals surface area contributed by atoms with Crippen molar-refractivity contribution in [3.05, 3.63) is 75.6 Å². The number of amides is 1. The topological polar surface area (TPSA) is 130 Å². The lowest BCUT2D eigenvalue weighted by molar-refractivity contribution is 0.0715. The average molecular weight is 452 g/mol. The Morgan fingerprint density at radius 1 is 1.09 bits per heavy atom. The normalized spacial score (nSPS) is 15.5. The zero-order chi connectivity index (χ0) is 23.5. The number of hydrazone groups is 1. The predicted octanol–water partition coefficient (Wildman–Crippen LogP) is 2.43. The highest BCUT2D eigenvalue weighted by Crippen LogP contribution is 2.18. The Morgan fingerprint density at radius 2 is 1.76 bits per heavy atom. The minimum absolute atomic E-state index is 0.0488. The van der Waals surface area contributed by atoms with Gasteiger partial charge in [-0.15, -0.1) is 0 Å². The Balaban J connectivity index is 1.53. The summed E-state index contributed by atoms with van der Waals surface area (Å²) in [5.74, 6) is 3.28. The number of aromatic nitrogens is 1. The second-order valence-corrected chi connectivity index (χ2v) is 7.81. The van der Waals surface area contributed by atoms with Crippen LogP contribution in [0.4, 0.5) is 14.5 Å². The number of likely N-dealkylation sites (tertiary alicyclic amines) is 1. The van der Waals surface area contributed by atoms with Gasteiger partial charge in [-0.25, -0.2) is 8.78 Å². The van der Waals surface area contributed by atoms with Crippen molar-refractivity contribution in [2.45, 2.75) is 18.9 Å². The molecule has 1 aliphatic heterocycles. The Morgan fingerprint density at radius 3 is 2.42 bits per heavy atom. The smallest absolute Gasteiger partial charge is 0.258 e. The number of nitrogens with two attached hydrogens (primary N) is 2. The van der Waals surface area contributed by atoms with Crippen LogP contribution in [0.3, 0.4) is 0 Å². The molecule has 0 atom stereocenters. The molecule has 1 aromatic heterocycles. The molecular formula is C23H22F2N6O2. The van der Waals surface area contributed by atoms with Crippen LogP contribution in [0, 0.1) is 11.6 Å². The van der Waals surface area contributed by atoms with E-state index in [9.17, 15) is 18.4 Å². The maximum Gasteiger partial charge on any atom is 0.258 e. The number of benzene rings is 2. The SMILES string of the molecule is NN=C(C=Nc1ccc(C(=O)N2CCC(N)CC2)cc1)c1cc2cc(F)c(F)cc2[nH]c1=O. The van der Waals surface area contributed by atoms with Crippen LogP contribution >= 0.6 is 0 Å². The molecule has 3 aromatic rings. The largest absolute Gasteiger partial charge is 0.339 e. The molecular weight excluding hydrogens is 430 g/mol. The molecule has 33 heavy (non-hydrogen) atoms. The average Bonchev–Trinajstić information content (AvgIpc) is 2.81. The summed E-state index contributed by atoms with van der Waals surface area (Å²) in [6.45, 7) is 1.26. The van der Waals surface area contributed by atoms with Crippen LogP contribution in [0.15, 0.2) is 57.4 Å². The van der Waals surface area contributed by atoms with Crippen molar-refractivity contribution in [2.75, 3.05) is 13.1 Å². The van der Waals surface area contributed by atoms with Gasteiger partial charge in [-0.05, 0) is 49.2 Å². The van der Waals surface area contributed by atoms with E-state index in [-0.39, 0.29) is 34.1 Å². The number of carbonyl (C=O) groups excluding carboxylic acids is 1. The molecule has 170 valence electrons. The van der Waals surface area contributed by atoms with Crippen LogP contribution in [0.1, 0.15) is 28.8 Å². The second kappa shape index (κ2) is 9.29. The Labute approximate surface area is 187 Å². The fourth-order valence-corrected chi connectivity index (χ4v) is 3.67. The number of nitrogens with one attached hydrogen (secondary N) is 1. The minimum atomic E-state index is -1.06. The van der Waals surface area contributed by atoms with E-state index in [4.69, 9.17) is 11.6 Å². The van der Waals surface area contributed by atoms with E-state index in [0.717, 1.165) is 25.0 Å². The van der Waals surface area contributed by atoms with Crippen LogP contribution in [-0.2, 0) is 0 Å². The molecule has 4 rings (SSSR count). The summed E-state index contributed by atoms with van der Waals surface area (Å²) in [4.78, 5) is 33.6. The molecule has 8 nitrogen and oxygen atoms in total. The van der Waals surface area contributed by atoms with E-state index >= 15 is 0 Å². The molecule has 5 N–H and O–H groups in total. The van der Waals surface area contributed by atoms with Gasteiger partial charge in [0.15, 0.2) is 11.6 Å². The number of rotatable bonds is 4. The number of halogens is 2. The minimum Gasteiger partial charge on any atom is -0.339 e. The molecule has 0 saturated carbocycles. The summed E-state index contributed by atoms with van der Waals surface area (Å²) >= 11 is 0. The van der Waals surface area contributed by atoms with Crippen LogP contribution in [0.2, 0.25) is 0 Å². The van der Waals surface area contributed by atoms with E-state index in [0.29, 0.717) is 24.3 Å². The molecule has 0 unspecified atom stereocenters. The molecule has 1 amide bonds. The highest BCUT2D eigenvalue weighted by Gasteiger charge is 2.21. The summed E-state index contributed by atoms with van der Waals surface area (Å²) in [5.41, 5.74) is 6.61. The first-order valence-electron chi connectivity index (χ1n) is 10.3. The third-order valence-electron chi connectivity index (χ3n) is 5.58. The molecule has 2 aromatic carbocycles. The maximum absolute atomic E-state index is 13.6. The van der Waals surface area contributed by atoms with Gasteiger partial charge in [0.25, 0.3) is 11.5 Å². The lowest BCUT2D eigenvalue weighted by Gasteiger charge is -2.30. The molecule has 10 heteroatoms. The first-order valence-corrected chi connectivity index (χ1v) is 10.3. The van der Waals surface area contributed by atoms with E-state index in [1.807, 2.05) is 0 Å². The van der Waals surface area contributed by atoms with Gasteiger partial charge in [0, 0.05) is 36.1 Å².